The minimum absolute atomic E-state index is 0.0930. The van der Waals surface area contributed by atoms with Crippen molar-refractivity contribution < 1.29 is 23.0 Å². The van der Waals surface area contributed by atoms with Crippen LogP contribution < -0.4 is 0 Å². The van der Waals surface area contributed by atoms with Crippen molar-refractivity contribution in [1.82, 2.24) is 0 Å². The van der Waals surface area contributed by atoms with Gasteiger partial charge in [-0.2, -0.15) is 0 Å². The lowest BCUT2D eigenvalue weighted by Crippen LogP contribution is -2.24. The van der Waals surface area contributed by atoms with Crippen LogP contribution in [0.15, 0.2) is 23.0 Å². The van der Waals surface area contributed by atoms with Gasteiger partial charge in [0, 0.05) is 12.3 Å². The summed E-state index contributed by atoms with van der Waals surface area (Å²) >= 11 is 0. The molecule has 1 fully saturated rings. The van der Waals surface area contributed by atoms with Crippen LogP contribution in [0.5, 0.6) is 0 Å². The molecule has 176 valence electrons. The first-order chi connectivity index (χ1) is 14.5. The molecule has 0 aromatic rings. The van der Waals surface area contributed by atoms with Gasteiger partial charge < -0.3 is 14.2 Å². The Morgan fingerprint density at radius 3 is 2.17 bits per heavy atom. The molecule has 2 aliphatic rings. The van der Waals surface area contributed by atoms with Crippen molar-refractivity contribution in [2.75, 3.05) is 20.3 Å². The van der Waals surface area contributed by atoms with E-state index >= 15 is 0 Å². The molecule has 2 atom stereocenters. The van der Waals surface area contributed by atoms with Gasteiger partial charge >= 0.3 is 0 Å². The third-order valence-corrected chi connectivity index (χ3v) is 6.26. The number of hydrogen-bond donors (Lipinski definition) is 0. The highest BCUT2D eigenvalue weighted by molar-refractivity contribution is 5.33. The van der Waals surface area contributed by atoms with Crippen molar-refractivity contribution in [2.24, 2.45) is 17.8 Å². The summed E-state index contributed by atoms with van der Waals surface area (Å²) in [5.41, 5.74) is 0.468. The lowest BCUT2D eigenvalue weighted by atomic mass is 9.80. The Balaban J connectivity index is 0.00000218. The van der Waals surface area contributed by atoms with Crippen LogP contribution in [-0.4, -0.2) is 26.6 Å². The van der Waals surface area contributed by atoms with Gasteiger partial charge in [0.25, 0.3) is 0 Å². The molecular formula is C25H44F2O3. The molecule has 2 aliphatic carbocycles. The van der Waals surface area contributed by atoms with Gasteiger partial charge in [-0.25, -0.2) is 8.78 Å². The number of methoxy groups -OCH3 is 1. The summed E-state index contributed by atoms with van der Waals surface area (Å²) in [7, 11) is 1.37. The quantitative estimate of drug-likeness (QED) is 0.312. The number of unbranched alkanes of at least 4 members (excludes halogenated alkanes) is 1. The monoisotopic (exact) mass is 430 g/mol. The fourth-order valence-corrected chi connectivity index (χ4v) is 4.27. The summed E-state index contributed by atoms with van der Waals surface area (Å²) in [5.74, 6) is -0.231. The second-order valence-electron chi connectivity index (χ2n) is 8.44. The van der Waals surface area contributed by atoms with Gasteiger partial charge in [-0.15, -0.1) is 0 Å². The van der Waals surface area contributed by atoms with Gasteiger partial charge in [0.1, 0.15) is 5.76 Å². The summed E-state index contributed by atoms with van der Waals surface area (Å²) in [6.07, 6.45) is 9.63. The highest BCUT2D eigenvalue weighted by Crippen LogP contribution is 2.36. The van der Waals surface area contributed by atoms with E-state index in [2.05, 4.69) is 6.92 Å². The minimum atomic E-state index is -0.866. The van der Waals surface area contributed by atoms with E-state index in [0.717, 1.165) is 12.5 Å². The third kappa shape index (κ3) is 8.66. The van der Waals surface area contributed by atoms with Crippen LogP contribution in [-0.2, 0) is 14.2 Å². The maximum absolute atomic E-state index is 14.2. The maximum atomic E-state index is 14.2. The van der Waals surface area contributed by atoms with Crippen LogP contribution in [0.3, 0.4) is 0 Å². The molecular weight excluding hydrogens is 386 g/mol. The predicted octanol–water partition coefficient (Wildman–Crippen LogP) is 7.87. The van der Waals surface area contributed by atoms with E-state index in [1.165, 1.54) is 52.1 Å². The van der Waals surface area contributed by atoms with Gasteiger partial charge in [0.2, 0.25) is 0 Å². The lowest BCUT2D eigenvalue weighted by Gasteiger charge is -2.29. The summed E-state index contributed by atoms with van der Waals surface area (Å²) in [6.45, 7) is 11.1. The van der Waals surface area contributed by atoms with Crippen LogP contribution >= 0.6 is 0 Å². The Kier molecular flexibility index (Phi) is 13.5. The fourth-order valence-electron chi connectivity index (χ4n) is 4.27. The summed E-state index contributed by atoms with van der Waals surface area (Å²) < 4.78 is 44.7. The molecule has 0 bridgehead atoms. The standard InChI is InChI=1S/C23H38F2O3.C2H6/c1-5-6-7-18-8-10-19(11-9-18)15-28-17(3)27-14-16(2)20-12-13-21(26-4)23(25)22(20)24;1-2/h16-19H,5-15H2,1-4H3;1-2H3. The van der Waals surface area contributed by atoms with Crippen molar-refractivity contribution in [2.45, 2.75) is 98.7 Å². The molecule has 0 heterocycles. The first-order valence-electron chi connectivity index (χ1n) is 12.0. The molecule has 0 aromatic heterocycles. The van der Waals surface area contributed by atoms with Gasteiger partial charge in [0.05, 0.1) is 20.3 Å². The lowest BCUT2D eigenvalue weighted by molar-refractivity contribution is -0.145. The van der Waals surface area contributed by atoms with Crippen molar-refractivity contribution >= 4 is 0 Å². The van der Waals surface area contributed by atoms with E-state index in [1.54, 1.807) is 0 Å². The molecule has 3 nitrogen and oxygen atoms in total. The van der Waals surface area contributed by atoms with Crippen molar-refractivity contribution in [1.29, 1.82) is 0 Å². The molecule has 5 heteroatoms. The fraction of sp³-hybridized carbons (Fsp3) is 0.840. The van der Waals surface area contributed by atoms with Gasteiger partial charge in [-0.1, -0.05) is 59.8 Å². The Labute approximate surface area is 183 Å². The van der Waals surface area contributed by atoms with Crippen LogP contribution in [0, 0.1) is 17.8 Å². The van der Waals surface area contributed by atoms with Crippen LogP contribution in [0.25, 0.3) is 0 Å². The number of ether oxygens (including phenoxy) is 3. The van der Waals surface area contributed by atoms with E-state index in [-0.39, 0.29) is 18.0 Å². The first kappa shape index (κ1) is 27.1. The van der Waals surface area contributed by atoms with Gasteiger partial charge in [-0.3, -0.25) is 0 Å². The molecule has 0 saturated heterocycles. The Morgan fingerprint density at radius 2 is 1.57 bits per heavy atom. The van der Waals surface area contributed by atoms with E-state index in [4.69, 9.17) is 14.2 Å². The van der Waals surface area contributed by atoms with Crippen molar-refractivity contribution in [3.63, 3.8) is 0 Å². The topological polar surface area (TPSA) is 27.7 Å². The highest BCUT2D eigenvalue weighted by Gasteiger charge is 2.27. The molecule has 0 amide bonds. The van der Waals surface area contributed by atoms with Gasteiger partial charge in [-0.05, 0) is 43.6 Å². The average molecular weight is 431 g/mol. The molecule has 2 unspecified atom stereocenters. The summed E-state index contributed by atoms with van der Waals surface area (Å²) in [6, 6.07) is 0. The zero-order chi connectivity index (χ0) is 22.5. The van der Waals surface area contributed by atoms with Crippen molar-refractivity contribution in [3.8, 4) is 0 Å². The molecule has 0 aliphatic heterocycles. The molecule has 0 aromatic carbocycles. The highest BCUT2D eigenvalue weighted by atomic mass is 19.2. The zero-order valence-corrected chi connectivity index (χ0v) is 20.1. The van der Waals surface area contributed by atoms with Gasteiger partial charge in [0.15, 0.2) is 17.9 Å². The Morgan fingerprint density at radius 1 is 0.933 bits per heavy atom. The molecule has 0 N–H and O–H groups in total. The Hall–Kier alpha value is -0.940. The third-order valence-electron chi connectivity index (χ3n) is 6.26. The van der Waals surface area contributed by atoms with Crippen LogP contribution in [0.4, 0.5) is 8.78 Å². The van der Waals surface area contributed by atoms with Crippen molar-refractivity contribution in [3.05, 3.63) is 23.0 Å². The number of hydrogen-bond acceptors (Lipinski definition) is 3. The number of rotatable bonds is 11. The van der Waals surface area contributed by atoms with E-state index in [1.807, 2.05) is 27.7 Å². The van der Waals surface area contributed by atoms with E-state index in [9.17, 15) is 8.78 Å². The summed E-state index contributed by atoms with van der Waals surface area (Å²) in [5, 5.41) is 0. The maximum Gasteiger partial charge on any atom is 0.196 e. The average Bonchev–Trinajstić information content (AvgIpc) is 2.78. The second-order valence-corrected chi connectivity index (χ2v) is 8.44. The predicted molar refractivity (Wildman–Crippen MR) is 119 cm³/mol. The van der Waals surface area contributed by atoms with E-state index < -0.39 is 11.7 Å². The number of allylic oxidation sites excluding steroid dienone is 3. The molecule has 0 radical (unpaired) electrons. The number of halogens is 2. The smallest absolute Gasteiger partial charge is 0.196 e. The first-order valence-corrected chi connectivity index (χ1v) is 12.0. The molecule has 30 heavy (non-hydrogen) atoms. The Bertz CT molecular complexity index is 537. The van der Waals surface area contributed by atoms with E-state index in [0.29, 0.717) is 30.9 Å². The SMILES string of the molecule is CC.CCCCC1CCC(COC(C)OCC(C)C2=C(F)C(F)=C(OC)CC2)CC1. The van der Waals surface area contributed by atoms with Crippen LogP contribution in [0.2, 0.25) is 0 Å². The van der Waals surface area contributed by atoms with Crippen LogP contribution in [0.1, 0.15) is 92.4 Å². The minimum Gasteiger partial charge on any atom is -0.498 e. The molecule has 1 saturated carbocycles. The summed E-state index contributed by atoms with van der Waals surface area (Å²) in [4.78, 5) is 0. The zero-order valence-electron chi connectivity index (χ0n) is 20.1. The second kappa shape index (κ2) is 15.0. The largest absolute Gasteiger partial charge is 0.498 e. The normalized spacial score (nSPS) is 24.3. The molecule has 0 spiro atoms. The molecule has 2 rings (SSSR count).